The van der Waals surface area contributed by atoms with E-state index in [2.05, 4.69) is 16.0 Å². The van der Waals surface area contributed by atoms with Crippen molar-refractivity contribution in [3.8, 4) is 0 Å². The van der Waals surface area contributed by atoms with Gasteiger partial charge >= 0.3 is 0 Å². The molecule has 96 valence electrons. The average Bonchev–Trinajstić information content (AvgIpc) is 2.77. The highest BCUT2D eigenvalue weighted by Gasteiger charge is 2.20. The number of nitrogens with two attached hydrogens (primary N) is 1. The van der Waals surface area contributed by atoms with Crippen molar-refractivity contribution in [2.75, 3.05) is 0 Å². The fourth-order valence-corrected chi connectivity index (χ4v) is 3.74. The molecule has 0 aliphatic rings. The number of aryl methyl sites for hydroxylation is 1. The SMILES string of the molecule is Cc1cc(=O)[nH]c(SC(c2cccs2)C(C)N)n1. The molecule has 3 N–H and O–H groups in total. The molecular weight excluding hydrogens is 266 g/mol. The maximum Gasteiger partial charge on any atom is 0.251 e. The van der Waals surface area contributed by atoms with E-state index in [1.54, 1.807) is 11.3 Å². The Balaban J connectivity index is 2.27. The van der Waals surface area contributed by atoms with Crippen molar-refractivity contribution in [3.05, 3.63) is 44.5 Å². The quantitative estimate of drug-likeness (QED) is 0.666. The van der Waals surface area contributed by atoms with Crippen LogP contribution >= 0.6 is 23.1 Å². The number of H-pyrrole nitrogens is 1. The maximum absolute atomic E-state index is 11.4. The van der Waals surface area contributed by atoms with Gasteiger partial charge in [0.2, 0.25) is 0 Å². The van der Waals surface area contributed by atoms with Gasteiger partial charge in [-0.25, -0.2) is 4.98 Å². The van der Waals surface area contributed by atoms with Gasteiger partial charge in [0, 0.05) is 22.7 Å². The highest BCUT2D eigenvalue weighted by molar-refractivity contribution is 7.99. The van der Waals surface area contributed by atoms with Crippen LogP contribution in [0.4, 0.5) is 0 Å². The summed E-state index contributed by atoms with van der Waals surface area (Å²) in [5.74, 6) is 0. The van der Waals surface area contributed by atoms with Crippen LogP contribution < -0.4 is 11.3 Å². The number of thiophene rings is 1. The van der Waals surface area contributed by atoms with Crippen LogP contribution in [-0.2, 0) is 0 Å². The predicted octanol–water partition coefficient (Wildman–Crippen LogP) is 2.32. The third kappa shape index (κ3) is 3.22. The summed E-state index contributed by atoms with van der Waals surface area (Å²) < 4.78 is 0. The largest absolute Gasteiger partial charge is 0.327 e. The Labute approximate surface area is 114 Å². The third-order valence-electron chi connectivity index (χ3n) is 2.39. The number of rotatable bonds is 4. The molecule has 2 rings (SSSR count). The van der Waals surface area contributed by atoms with Crippen molar-refractivity contribution < 1.29 is 0 Å². The lowest BCUT2D eigenvalue weighted by atomic mass is 10.2. The summed E-state index contributed by atoms with van der Waals surface area (Å²) in [6.45, 7) is 3.77. The standard InChI is InChI=1S/C12H15N3OS2/c1-7-6-10(16)15-12(14-7)18-11(8(2)13)9-4-3-5-17-9/h3-6,8,11H,13H2,1-2H3,(H,14,15,16). The maximum atomic E-state index is 11.4. The molecule has 0 bridgehead atoms. The van der Waals surface area contributed by atoms with Crippen molar-refractivity contribution >= 4 is 23.1 Å². The zero-order valence-electron chi connectivity index (χ0n) is 10.2. The average molecular weight is 281 g/mol. The summed E-state index contributed by atoms with van der Waals surface area (Å²) in [5.41, 5.74) is 6.61. The molecule has 2 heterocycles. The van der Waals surface area contributed by atoms with Crippen molar-refractivity contribution in [1.29, 1.82) is 0 Å². The van der Waals surface area contributed by atoms with Crippen molar-refractivity contribution in [2.24, 2.45) is 5.73 Å². The van der Waals surface area contributed by atoms with Crippen LogP contribution in [0.1, 0.15) is 22.7 Å². The lowest BCUT2D eigenvalue weighted by molar-refractivity contribution is 0.725. The van der Waals surface area contributed by atoms with Crippen LogP contribution in [0.2, 0.25) is 0 Å². The Morgan fingerprint density at radius 1 is 1.56 bits per heavy atom. The van der Waals surface area contributed by atoms with E-state index in [0.29, 0.717) is 5.16 Å². The molecule has 2 unspecified atom stereocenters. The molecule has 0 aliphatic carbocycles. The molecule has 0 saturated heterocycles. The predicted molar refractivity (Wildman–Crippen MR) is 76.2 cm³/mol. The van der Waals surface area contributed by atoms with E-state index in [-0.39, 0.29) is 16.9 Å². The van der Waals surface area contributed by atoms with Gasteiger partial charge in [0.1, 0.15) is 0 Å². The second-order valence-corrected chi connectivity index (χ2v) is 6.21. The Kier molecular flexibility index (Phi) is 4.21. The Bertz CT molecular complexity index is 563. The fourth-order valence-electron chi connectivity index (χ4n) is 1.61. The lowest BCUT2D eigenvalue weighted by Crippen LogP contribution is -2.22. The van der Waals surface area contributed by atoms with E-state index < -0.39 is 0 Å². The molecule has 4 nitrogen and oxygen atoms in total. The van der Waals surface area contributed by atoms with Gasteiger partial charge in [0.15, 0.2) is 5.16 Å². The monoisotopic (exact) mass is 281 g/mol. The minimum absolute atomic E-state index is 0.0144. The molecule has 2 atom stereocenters. The number of nitrogens with zero attached hydrogens (tertiary/aromatic N) is 1. The lowest BCUT2D eigenvalue weighted by Gasteiger charge is -2.18. The second-order valence-electron chi connectivity index (χ2n) is 4.10. The molecule has 0 saturated carbocycles. The van der Waals surface area contributed by atoms with Crippen LogP contribution in [0.5, 0.6) is 0 Å². The second kappa shape index (κ2) is 5.69. The van der Waals surface area contributed by atoms with Crippen molar-refractivity contribution in [1.82, 2.24) is 9.97 Å². The minimum Gasteiger partial charge on any atom is -0.327 e. The highest BCUT2D eigenvalue weighted by Crippen LogP contribution is 2.37. The van der Waals surface area contributed by atoms with Crippen LogP contribution in [0.3, 0.4) is 0 Å². The molecule has 2 aromatic heterocycles. The number of nitrogens with one attached hydrogen (secondary N) is 1. The van der Waals surface area contributed by atoms with Crippen LogP contribution in [0, 0.1) is 6.92 Å². The van der Waals surface area contributed by atoms with Crippen LogP contribution in [-0.4, -0.2) is 16.0 Å². The smallest absolute Gasteiger partial charge is 0.251 e. The zero-order valence-corrected chi connectivity index (χ0v) is 11.8. The summed E-state index contributed by atoms with van der Waals surface area (Å²) in [7, 11) is 0. The summed E-state index contributed by atoms with van der Waals surface area (Å²) in [5, 5.41) is 2.75. The minimum atomic E-state index is -0.125. The molecule has 0 radical (unpaired) electrons. The number of aromatic amines is 1. The van der Waals surface area contributed by atoms with E-state index in [0.717, 1.165) is 5.69 Å². The van der Waals surface area contributed by atoms with Crippen molar-refractivity contribution in [3.63, 3.8) is 0 Å². The first-order chi connectivity index (χ1) is 8.56. The summed E-state index contributed by atoms with van der Waals surface area (Å²) in [6, 6.07) is 5.53. The van der Waals surface area contributed by atoms with Gasteiger partial charge < -0.3 is 10.7 Å². The van der Waals surface area contributed by atoms with Crippen LogP contribution in [0.15, 0.2) is 33.5 Å². The molecule has 0 spiro atoms. The number of aromatic nitrogens is 2. The van der Waals surface area contributed by atoms with Gasteiger partial charge in [-0.15, -0.1) is 11.3 Å². The van der Waals surface area contributed by atoms with E-state index in [4.69, 9.17) is 5.73 Å². The first-order valence-electron chi connectivity index (χ1n) is 5.60. The normalized spacial score (nSPS) is 14.4. The molecule has 0 fully saturated rings. The topological polar surface area (TPSA) is 71.8 Å². The third-order valence-corrected chi connectivity index (χ3v) is 4.85. The molecule has 0 aromatic carbocycles. The number of hydrogen-bond acceptors (Lipinski definition) is 5. The number of hydrogen-bond donors (Lipinski definition) is 2. The molecule has 2 aromatic rings. The highest BCUT2D eigenvalue weighted by atomic mass is 32.2. The van der Waals surface area contributed by atoms with Gasteiger partial charge in [-0.2, -0.15) is 0 Å². The fraction of sp³-hybridized carbons (Fsp3) is 0.333. The van der Waals surface area contributed by atoms with Crippen LogP contribution in [0.25, 0.3) is 0 Å². The van der Waals surface area contributed by atoms with Gasteiger partial charge in [0.25, 0.3) is 5.56 Å². The zero-order chi connectivity index (χ0) is 13.1. The van der Waals surface area contributed by atoms with E-state index in [1.807, 2.05) is 25.3 Å². The number of thioether (sulfide) groups is 1. The summed E-state index contributed by atoms with van der Waals surface area (Å²) in [6.07, 6.45) is 0. The van der Waals surface area contributed by atoms with Gasteiger partial charge in [-0.1, -0.05) is 17.8 Å². The van der Waals surface area contributed by atoms with Gasteiger partial charge in [0.05, 0.1) is 5.25 Å². The first-order valence-corrected chi connectivity index (χ1v) is 7.36. The Morgan fingerprint density at radius 3 is 2.89 bits per heavy atom. The van der Waals surface area contributed by atoms with Gasteiger partial charge in [-0.3, -0.25) is 4.79 Å². The van der Waals surface area contributed by atoms with Crippen molar-refractivity contribution in [2.45, 2.75) is 30.3 Å². The van der Waals surface area contributed by atoms with E-state index in [9.17, 15) is 4.79 Å². The Morgan fingerprint density at radius 2 is 2.33 bits per heavy atom. The molecule has 18 heavy (non-hydrogen) atoms. The summed E-state index contributed by atoms with van der Waals surface area (Å²) in [4.78, 5) is 19.7. The molecular formula is C12H15N3OS2. The molecule has 6 heteroatoms. The van der Waals surface area contributed by atoms with E-state index >= 15 is 0 Å². The molecule has 0 amide bonds. The van der Waals surface area contributed by atoms with Gasteiger partial charge in [-0.05, 0) is 25.3 Å². The Hall–Kier alpha value is -1.11. The first kappa shape index (κ1) is 13.3. The van der Waals surface area contributed by atoms with E-state index in [1.165, 1.54) is 22.7 Å². The summed E-state index contributed by atoms with van der Waals surface area (Å²) >= 11 is 3.17. The molecule has 0 aliphatic heterocycles.